The summed E-state index contributed by atoms with van der Waals surface area (Å²) in [5, 5.41) is 10.1. The van der Waals surface area contributed by atoms with Crippen LogP contribution in [-0.2, 0) is 9.53 Å². The zero-order valence-electron chi connectivity index (χ0n) is 9.60. The number of hydrogen-bond donors (Lipinski definition) is 1. The van der Waals surface area contributed by atoms with Crippen molar-refractivity contribution in [2.75, 3.05) is 6.61 Å². The second-order valence-corrected chi connectivity index (χ2v) is 5.80. The molecule has 1 saturated heterocycles. The monoisotopic (exact) mass is 224 g/mol. The van der Waals surface area contributed by atoms with E-state index in [-0.39, 0.29) is 11.9 Å². The Kier molecular flexibility index (Phi) is 2.66. The average molecular weight is 224 g/mol. The highest BCUT2D eigenvalue weighted by molar-refractivity contribution is 5.74. The van der Waals surface area contributed by atoms with E-state index < -0.39 is 6.10 Å². The van der Waals surface area contributed by atoms with Gasteiger partial charge in [0.1, 0.15) is 0 Å². The van der Waals surface area contributed by atoms with Gasteiger partial charge in [-0.2, -0.15) is 0 Å². The summed E-state index contributed by atoms with van der Waals surface area (Å²) in [5.74, 6) is 1.99. The van der Waals surface area contributed by atoms with Crippen LogP contribution in [0.15, 0.2) is 0 Å². The molecule has 2 bridgehead atoms. The zero-order valence-corrected chi connectivity index (χ0v) is 9.60. The molecule has 0 aromatic rings. The summed E-state index contributed by atoms with van der Waals surface area (Å²) < 4.78 is 4.91. The molecule has 0 aromatic carbocycles. The van der Waals surface area contributed by atoms with Crippen LogP contribution in [0, 0.1) is 23.7 Å². The minimum Gasteiger partial charge on any atom is -0.465 e. The van der Waals surface area contributed by atoms with Gasteiger partial charge in [-0.1, -0.05) is 6.42 Å². The summed E-state index contributed by atoms with van der Waals surface area (Å²) in [4.78, 5) is 11.4. The van der Waals surface area contributed by atoms with Gasteiger partial charge in [-0.3, -0.25) is 4.79 Å². The average Bonchev–Trinajstić information content (AvgIpc) is 2.92. The molecular weight excluding hydrogens is 204 g/mol. The SMILES string of the molecule is O=C1OCCC1C(O)CC1CC2CCC1C2. The molecule has 0 amide bonds. The normalized spacial score (nSPS) is 43.7. The predicted molar refractivity (Wildman–Crippen MR) is 58.6 cm³/mol. The standard InChI is InChI=1S/C13H20O3/c14-12(11-3-4-16-13(11)15)7-10-6-8-1-2-9(10)5-8/h8-12,14H,1-7H2. The van der Waals surface area contributed by atoms with Crippen molar-refractivity contribution >= 4 is 5.97 Å². The fourth-order valence-corrected chi connectivity index (χ4v) is 4.00. The van der Waals surface area contributed by atoms with Gasteiger partial charge in [0.05, 0.1) is 18.6 Å². The molecule has 2 saturated carbocycles. The van der Waals surface area contributed by atoms with Crippen LogP contribution in [0.25, 0.3) is 0 Å². The number of cyclic esters (lactones) is 1. The molecule has 3 nitrogen and oxygen atoms in total. The van der Waals surface area contributed by atoms with Crippen LogP contribution < -0.4 is 0 Å². The minimum absolute atomic E-state index is 0.185. The van der Waals surface area contributed by atoms with Crippen molar-refractivity contribution in [3.8, 4) is 0 Å². The van der Waals surface area contributed by atoms with Crippen LogP contribution in [0.1, 0.15) is 38.5 Å². The summed E-state index contributed by atoms with van der Waals surface area (Å²) in [6.45, 7) is 0.497. The third-order valence-corrected chi connectivity index (χ3v) is 4.87. The third kappa shape index (κ3) is 1.75. The number of rotatable bonds is 3. The van der Waals surface area contributed by atoms with Crippen LogP contribution in [0.3, 0.4) is 0 Å². The highest BCUT2D eigenvalue weighted by Crippen LogP contribution is 2.50. The van der Waals surface area contributed by atoms with Crippen molar-refractivity contribution in [1.29, 1.82) is 0 Å². The lowest BCUT2D eigenvalue weighted by Crippen LogP contribution is -2.28. The first-order valence-electron chi connectivity index (χ1n) is 6.58. The van der Waals surface area contributed by atoms with Gasteiger partial charge in [0.25, 0.3) is 0 Å². The van der Waals surface area contributed by atoms with Crippen molar-refractivity contribution in [2.45, 2.75) is 44.6 Å². The van der Waals surface area contributed by atoms with E-state index in [1.807, 2.05) is 0 Å². The summed E-state index contributed by atoms with van der Waals surface area (Å²) >= 11 is 0. The van der Waals surface area contributed by atoms with Crippen LogP contribution in [0.5, 0.6) is 0 Å². The molecular formula is C13H20O3. The van der Waals surface area contributed by atoms with Crippen LogP contribution in [0.4, 0.5) is 0 Å². The Labute approximate surface area is 96.2 Å². The fourth-order valence-electron chi connectivity index (χ4n) is 4.00. The summed E-state index contributed by atoms with van der Waals surface area (Å²) in [5.41, 5.74) is 0. The van der Waals surface area contributed by atoms with Gasteiger partial charge in [0, 0.05) is 0 Å². The van der Waals surface area contributed by atoms with E-state index in [1.54, 1.807) is 0 Å². The number of fused-ring (bicyclic) bond motifs is 2. The maximum absolute atomic E-state index is 11.4. The smallest absolute Gasteiger partial charge is 0.311 e. The van der Waals surface area contributed by atoms with E-state index in [9.17, 15) is 9.90 Å². The van der Waals surface area contributed by atoms with E-state index in [2.05, 4.69) is 0 Å². The quantitative estimate of drug-likeness (QED) is 0.743. The Bertz CT molecular complexity index is 289. The number of carbonyl (C=O) groups excluding carboxylic acids is 1. The van der Waals surface area contributed by atoms with Gasteiger partial charge in [-0.25, -0.2) is 0 Å². The largest absolute Gasteiger partial charge is 0.465 e. The number of carbonyl (C=O) groups is 1. The third-order valence-electron chi connectivity index (χ3n) is 4.87. The molecule has 5 atom stereocenters. The van der Waals surface area contributed by atoms with Crippen LogP contribution >= 0.6 is 0 Å². The number of aliphatic hydroxyl groups is 1. The first-order valence-corrected chi connectivity index (χ1v) is 6.58. The number of hydrogen-bond acceptors (Lipinski definition) is 3. The van der Waals surface area contributed by atoms with Gasteiger partial charge >= 0.3 is 5.97 Å². The van der Waals surface area contributed by atoms with Crippen molar-refractivity contribution in [3.63, 3.8) is 0 Å². The fraction of sp³-hybridized carbons (Fsp3) is 0.923. The van der Waals surface area contributed by atoms with E-state index in [0.29, 0.717) is 18.9 Å². The molecule has 1 heterocycles. The van der Waals surface area contributed by atoms with Crippen molar-refractivity contribution in [1.82, 2.24) is 0 Å². The second kappa shape index (κ2) is 4.02. The molecule has 1 aliphatic heterocycles. The second-order valence-electron chi connectivity index (χ2n) is 5.80. The van der Waals surface area contributed by atoms with E-state index in [4.69, 9.17) is 4.74 Å². The first kappa shape index (κ1) is 10.6. The molecule has 3 fully saturated rings. The summed E-state index contributed by atoms with van der Waals surface area (Å²) in [6.07, 6.45) is 6.46. The maximum Gasteiger partial charge on any atom is 0.311 e. The lowest BCUT2D eigenvalue weighted by molar-refractivity contribution is -0.144. The molecule has 90 valence electrons. The molecule has 3 aliphatic rings. The molecule has 0 aromatic heterocycles. The van der Waals surface area contributed by atoms with Crippen molar-refractivity contribution in [2.24, 2.45) is 23.7 Å². The highest BCUT2D eigenvalue weighted by Gasteiger charge is 2.42. The summed E-state index contributed by atoms with van der Waals surface area (Å²) in [7, 11) is 0. The Hall–Kier alpha value is -0.570. The molecule has 0 radical (unpaired) electrons. The summed E-state index contributed by atoms with van der Waals surface area (Å²) in [6, 6.07) is 0. The zero-order chi connectivity index (χ0) is 11.1. The molecule has 1 N–H and O–H groups in total. The van der Waals surface area contributed by atoms with Gasteiger partial charge in [-0.05, 0) is 49.9 Å². The van der Waals surface area contributed by atoms with Crippen molar-refractivity contribution < 1.29 is 14.6 Å². The van der Waals surface area contributed by atoms with Crippen LogP contribution in [-0.4, -0.2) is 23.8 Å². The predicted octanol–water partition coefficient (Wildman–Crippen LogP) is 1.74. The molecule has 0 spiro atoms. The minimum atomic E-state index is -0.459. The van der Waals surface area contributed by atoms with Gasteiger partial charge in [-0.15, -0.1) is 0 Å². The van der Waals surface area contributed by atoms with E-state index >= 15 is 0 Å². The van der Waals surface area contributed by atoms with Crippen LogP contribution in [0.2, 0.25) is 0 Å². The molecule has 3 heteroatoms. The van der Waals surface area contributed by atoms with Gasteiger partial charge in [0.15, 0.2) is 0 Å². The van der Waals surface area contributed by atoms with Gasteiger partial charge in [0.2, 0.25) is 0 Å². The lowest BCUT2D eigenvalue weighted by Gasteiger charge is -2.25. The molecule has 5 unspecified atom stereocenters. The number of ether oxygens (including phenoxy) is 1. The Morgan fingerprint density at radius 2 is 2.19 bits per heavy atom. The Morgan fingerprint density at radius 1 is 1.31 bits per heavy atom. The Balaban J connectivity index is 1.56. The first-order chi connectivity index (χ1) is 7.74. The number of aliphatic hydroxyl groups excluding tert-OH is 1. The highest BCUT2D eigenvalue weighted by atomic mass is 16.5. The topological polar surface area (TPSA) is 46.5 Å². The maximum atomic E-state index is 11.4. The molecule has 3 rings (SSSR count). The molecule has 2 aliphatic carbocycles. The molecule has 16 heavy (non-hydrogen) atoms. The lowest BCUT2D eigenvalue weighted by atomic mass is 9.82. The van der Waals surface area contributed by atoms with Gasteiger partial charge < -0.3 is 9.84 Å². The van der Waals surface area contributed by atoms with E-state index in [1.165, 1.54) is 25.7 Å². The van der Waals surface area contributed by atoms with Crippen molar-refractivity contribution in [3.05, 3.63) is 0 Å². The Morgan fingerprint density at radius 3 is 2.75 bits per heavy atom. The van der Waals surface area contributed by atoms with E-state index in [0.717, 1.165) is 18.3 Å². The number of esters is 1.